The number of benzene rings is 1. The molecule has 0 spiro atoms. The van der Waals surface area contributed by atoms with E-state index in [0.29, 0.717) is 24.9 Å². The zero-order valence-electron chi connectivity index (χ0n) is 12.1. The molecule has 0 aromatic heterocycles. The second-order valence-corrected chi connectivity index (χ2v) is 4.68. The lowest BCUT2D eigenvalue weighted by atomic mass is 10.00. The number of carbonyl (C=O) groups excluding carboxylic acids is 1. The summed E-state index contributed by atoms with van der Waals surface area (Å²) in [6.07, 6.45) is 1.25. The quantitative estimate of drug-likeness (QED) is 0.725. The molecule has 0 aliphatic heterocycles. The molecule has 1 amide bonds. The highest BCUT2D eigenvalue weighted by molar-refractivity contribution is 5.85. The van der Waals surface area contributed by atoms with E-state index in [2.05, 4.69) is 10.6 Å². The van der Waals surface area contributed by atoms with Crippen LogP contribution < -0.4 is 10.6 Å². The van der Waals surface area contributed by atoms with E-state index in [9.17, 15) is 9.18 Å². The van der Waals surface area contributed by atoms with E-state index >= 15 is 0 Å². The van der Waals surface area contributed by atoms with Crippen LogP contribution in [0.3, 0.4) is 0 Å². The van der Waals surface area contributed by atoms with Gasteiger partial charge in [0.15, 0.2) is 0 Å². The van der Waals surface area contributed by atoms with Gasteiger partial charge in [0.05, 0.1) is 0 Å². The molecule has 1 rings (SSSR count). The third-order valence-corrected chi connectivity index (χ3v) is 3.10. The van der Waals surface area contributed by atoms with Crippen LogP contribution in [-0.2, 0) is 11.2 Å². The van der Waals surface area contributed by atoms with Gasteiger partial charge in [-0.05, 0) is 31.0 Å². The minimum absolute atomic E-state index is 0. The Morgan fingerprint density at radius 3 is 2.65 bits per heavy atom. The fraction of sp³-hybridized carbons (Fsp3) is 0.533. The van der Waals surface area contributed by atoms with Crippen LogP contribution >= 0.6 is 12.4 Å². The minimum atomic E-state index is -0.192. The molecule has 0 radical (unpaired) electrons. The topological polar surface area (TPSA) is 41.1 Å². The lowest BCUT2D eigenvalue weighted by molar-refractivity contribution is -0.124. The summed E-state index contributed by atoms with van der Waals surface area (Å²) in [5.41, 5.74) is 0.676. The van der Waals surface area contributed by atoms with Crippen LogP contribution in [-0.4, -0.2) is 25.5 Å². The molecule has 1 aromatic rings. The van der Waals surface area contributed by atoms with Gasteiger partial charge in [-0.1, -0.05) is 32.0 Å². The van der Waals surface area contributed by atoms with E-state index in [1.165, 1.54) is 6.07 Å². The number of halogens is 2. The summed E-state index contributed by atoms with van der Waals surface area (Å²) >= 11 is 0. The fourth-order valence-corrected chi connectivity index (χ4v) is 1.83. The molecule has 1 atom stereocenters. The van der Waals surface area contributed by atoms with E-state index < -0.39 is 0 Å². The number of hydrogen-bond donors (Lipinski definition) is 2. The smallest absolute Gasteiger partial charge is 0.222 e. The van der Waals surface area contributed by atoms with Gasteiger partial charge >= 0.3 is 0 Å². The summed E-state index contributed by atoms with van der Waals surface area (Å²) in [4.78, 5) is 11.8. The number of aryl methyl sites for hydroxylation is 1. The van der Waals surface area contributed by atoms with E-state index in [1.807, 2.05) is 19.9 Å². The Morgan fingerprint density at radius 2 is 2.00 bits per heavy atom. The number of nitrogens with one attached hydrogen (secondary N) is 2. The Morgan fingerprint density at radius 1 is 1.30 bits per heavy atom. The Balaban J connectivity index is 0.00000361. The fourth-order valence-electron chi connectivity index (χ4n) is 1.83. The first-order chi connectivity index (χ1) is 9.15. The molecule has 5 heteroatoms. The van der Waals surface area contributed by atoms with E-state index in [4.69, 9.17) is 0 Å². The monoisotopic (exact) mass is 302 g/mol. The van der Waals surface area contributed by atoms with Crippen LogP contribution in [0.1, 0.15) is 25.8 Å². The van der Waals surface area contributed by atoms with Gasteiger partial charge in [0.2, 0.25) is 5.91 Å². The third-order valence-electron chi connectivity index (χ3n) is 3.10. The predicted molar refractivity (Wildman–Crippen MR) is 82.7 cm³/mol. The first-order valence-corrected chi connectivity index (χ1v) is 6.87. The van der Waals surface area contributed by atoms with Gasteiger partial charge in [-0.25, -0.2) is 4.39 Å². The second kappa shape index (κ2) is 10.6. The molecule has 0 saturated heterocycles. The van der Waals surface area contributed by atoms with Crippen LogP contribution in [0, 0.1) is 11.7 Å². The maximum Gasteiger partial charge on any atom is 0.222 e. The largest absolute Gasteiger partial charge is 0.355 e. The number of likely N-dealkylation sites (N-methyl/N-ethyl adjacent to an activating group) is 1. The molecular weight excluding hydrogens is 279 g/mol. The van der Waals surface area contributed by atoms with Gasteiger partial charge in [-0.3, -0.25) is 4.79 Å². The van der Waals surface area contributed by atoms with Crippen molar-refractivity contribution in [3.8, 4) is 0 Å². The highest BCUT2D eigenvalue weighted by Crippen LogP contribution is 2.12. The SMILES string of the molecule is CCNCCNC(=O)C(C)CCc1ccccc1F.Cl. The molecule has 0 aliphatic rings. The van der Waals surface area contributed by atoms with Crippen molar-refractivity contribution in [2.24, 2.45) is 5.92 Å². The second-order valence-electron chi connectivity index (χ2n) is 4.68. The standard InChI is InChI=1S/C15H23FN2O.ClH/c1-3-17-10-11-18-15(19)12(2)8-9-13-6-4-5-7-14(13)16;/h4-7,12,17H,3,8-11H2,1-2H3,(H,18,19);1H. The molecule has 0 fully saturated rings. The predicted octanol–water partition coefficient (Wildman–Crippen LogP) is 2.54. The third kappa shape index (κ3) is 6.87. The molecule has 0 saturated carbocycles. The van der Waals surface area contributed by atoms with Crippen molar-refractivity contribution in [2.45, 2.75) is 26.7 Å². The average molecular weight is 303 g/mol. The Labute approximate surface area is 126 Å². The van der Waals surface area contributed by atoms with Crippen molar-refractivity contribution in [1.29, 1.82) is 0 Å². The average Bonchev–Trinajstić information content (AvgIpc) is 2.42. The zero-order valence-corrected chi connectivity index (χ0v) is 12.9. The summed E-state index contributed by atoms with van der Waals surface area (Å²) in [5.74, 6) is -0.252. The summed E-state index contributed by atoms with van der Waals surface area (Å²) in [5, 5.41) is 6.02. The minimum Gasteiger partial charge on any atom is -0.355 e. The zero-order chi connectivity index (χ0) is 14.1. The number of amides is 1. The molecule has 20 heavy (non-hydrogen) atoms. The molecule has 1 aromatic carbocycles. The van der Waals surface area contributed by atoms with Crippen molar-refractivity contribution in [1.82, 2.24) is 10.6 Å². The first kappa shape index (κ1) is 18.9. The van der Waals surface area contributed by atoms with Crippen LogP contribution in [0.5, 0.6) is 0 Å². The summed E-state index contributed by atoms with van der Waals surface area (Å²) in [6, 6.07) is 6.72. The number of rotatable bonds is 8. The van der Waals surface area contributed by atoms with Gasteiger partial charge < -0.3 is 10.6 Å². The highest BCUT2D eigenvalue weighted by atomic mass is 35.5. The molecule has 2 N–H and O–H groups in total. The van der Waals surface area contributed by atoms with Crippen LogP contribution in [0.4, 0.5) is 4.39 Å². The molecular formula is C15H24ClFN2O. The van der Waals surface area contributed by atoms with Gasteiger partial charge in [0.25, 0.3) is 0 Å². The number of carbonyl (C=O) groups is 1. The molecule has 0 bridgehead atoms. The molecule has 0 heterocycles. The maximum atomic E-state index is 13.4. The van der Waals surface area contributed by atoms with E-state index in [-0.39, 0.29) is 30.0 Å². The lowest BCUT2D eigenvalue weighted by Gasteiger charge is -2.12. The van der Waals surface area contributed by atoms with Crippen molar-refractivity contribution in [2.75, 3.05) is 19.6 Å². The Kier molecular flexibility index (Phi) is 10.0. The van der Waals surface area contributed by atoms with Crippen molar-refractivity contribution < 1.29 is 9.18 Å². The van der Waals surface area contributed by atoms with Crippen molar-refractivity contribution >= 4 is 18.3 Å². The summed E-state index contributed by atoms with van der Waals surface area (Å²) < 4.78 is 13.4. The van der Waals surface area contributed by atoms with Gasteiger partial charge in [0, 0.05) is 19.0 Å². The van der Waals surface area contributed by atoms with Gasteiger partial charge in [0.1, 0.15) is 5.82 Å². The van der Waals surface area contributed by atoms with Gasteiger partial charge in [-0.15, -0.1) is 12.4 Å². The van der Waals surface area contributed by atoms with Crippen molar-refractivity contribution in [3.63, 3.8) is 0 Å². The Hall–Kier alpha value is -1.13. The van der Waals surface area contributed by atoms with Crippen LogP contribution in [0.25, 0.3) is 0 Å². The van der Waals surface area contributed by atoms with E-state index in [1.54, 1.807) is 12.1 Å². The summed E-state index contributed by atoms with van der Waals surface area (Å²) in [6.45, 7) is 6.22. The number of hydrogen-bond acceptors (Lipinski definition) is 2. The van der Waals surface area contributed by atoms with Gasteiger partial charge in [-0.2, -0.15) is 0 Å². The Bertz CT molecular complexity index is 401. The van der Waals surface area contributed by atoms with Crippen LogP contribution in [0.2, 0.25) is 0 Å². The van der Waals surface area contributed by atoms with Crippen LogP contribution in [0.15, 0.2) is 24.3 Å². The molecule has 3 nitrogen and oxygen atoms in total. The molecule has 0 aliphatic carbocycles. The maximum absolute atomic E-state index is 13.4. The highest BCUT2D eigenvalue weighted by Gasteiger charge is 2.13. The first-order valence-electron chi connectivity index (χ1n) is 6.87. The molecule has 1 unspecified atom stereocenters. The molecule has 114 valence electrons. The normalized spacial score (nSPS) is 11.6. The summed E-state index contributed by atoms with van der Waals surface area (Å²) in [7, 11) is 0. The lowest BCUT2D eigenvalue weighted by Crippen LogP contribution is -2.35. The van der Waals surface area contributed by atoms with Crippen molar-refractivity contribution in [3.05, 3.63) is 35.6 Å². The van der Waals surface area contributed by atoms with E-state index in [0.717, 1.165) is 13.1 Å².